The van der Waals surface area contributed by atoms with E-state index in [2.05, 4.69) is 53.4 Å². The lowest BCUT2D eigenvalue weighted by molar-refractivity contribution is 0.00908. The lowest BCUT2D eigenvalue weighted by atomic mass is 9.74. The van der Waals surface area contributed by atoms with Crippen molar-refractivity contribution in [1.82, 2.24) is 4.90 Å². The summed E-state index contributed by atoms with van der Waals surface area (Å²) < 4.78 is 0. The quantitative estimate of drug-likeness (QED) is 0.468. The molecule has 30 heavy (non-hydrogen) atoms. The number of ketones is 1. The summed E-state index contributed by atoms with van der Waals surface area (Å²) in [5, 5.41) is 0. The van der Waals surface area contributed by atoms with Gasteiger partial charge in [0.25, 0.3) is 0 Å². The van der Waals surface area contributed by atoms with E-state index >= 15 is 0 Å². The Labute approximate surface area is 179 Å². The highest BCUT2D eigenvalue weighted by Gasteiger charge is 2.40. The maximum Gasteiger partial charge on any atom is 0.166 e. The Morgan fingerprint density at radius 1 is 0.767 bits per heavy atom. The molecular formula is C28H29NO. The largest absolute Gasteiger partial charge is 0.294 e. The number of hydrogen-bond acceptors (Lipinski definition) is 2. The van der Waals surface area contributed by atoms with Crippen LogP contribution in [-0.4, -0.2) is 22.8 Å². The van der Waals surface area contributed by atoms with Crippen LogP contribution in [-0.2, 0) is 6.54 Å². The fourth-order valence-corrected chi connectivity index (χ4v) is 5.53. The Bertz CT molecular complexity index is 983. The van der Waals surface area contributed by atoms with Gasteiger partial charge in [0.1, 0.15) is 0 Å². The van der Waals surface area contributed by atoms with Crippen LogP contribution in [0, 0.1) is 5.92 Å². The second kappa shape index (κ2) is 8.57. The van der Waals surface area contributed by atoms with Crippen LogP contribution in [0.1, 0.15) is 48.0 Å². The summed E-state index contributed by atoms with van der Waals surface area (Å²) in [7, 11) is 0. The minimum atomic E-state index is 0.136. The first kappa shape index (κ1) is 19.3. The molecule has 3 aromatic carbocycles. The number of carbonyl (C=O) groups is 1. The van der Waals surface area contributed by atoms with E-state index in [-0.39, 0.29) is 5.92 Å². The molecule has 3 aromatic rings. The van der Waals surface area contributed by atoms with Gasteiger partial charge in [-0.1, -0.05) is 91.3 Å². The second-order valence-corrected chi connectivity index (χ2v) is 8.84. The summed E-state index contributed by atoms with van der Waals surface area (Å²) in [5.74, 6) is 0.475. The molecule has 2 fully saturated rings. The van der Waals surface area contributed by atoms with E-state index in [4.69, 9.17) is 0 Å². The van der Waals surface area contributed by atoms with Crippen molar-refractivity contribution in [3.63, 3.8) is 0 Å². The van der Waals surface area contributed by atoms with Crippen LogP contribution >= 0.6 is 0 Å². The van der Waals surface area contributed by atoms with Crippen LogP contribution in [0.4, 0.5) is 0 Å². The first-order valence-corrected chi connectivity index (χ1v) is 11.3. The molecule has 0 amide bonds. The normalized spacial score (nSPS) is 23.8. The van der Waals surface area contributed by atoms with Gasteiger partial charge in [0.2, 0.25) is 0 Å². The number of rotatable bonds is 5. The predicted octanol–water partition coefficient (Wildman–Crippen LogP) is 6.37. The van der Waals surface area contributed by atoms with E-state index in [1.165, 1.54) is 24.8 Å². The summed E-state index contributed by atoms with van der Waals surface area (Å²) in [4.78, 5) is 16.4. The Hall–Kier alpha value is -2.71. The number of piperidine rings is 2. The molecule has 0 N–H and O–H groups in total. The maximum absolute atomic E-state index is 13.7. The van der Waals surface area contributed by atoms with Gasteiger partial charge < -0.3 is 0 Å². The average molecular weight is 396 g/mol. The number of carbonyl (C=O) groups excluding carboxylic acids is 1. The third-order valence-corrected chi connectivity index (χ3v) is 6.98. The monoisotopic (exact) mass is 395 g/mol. The third kappa shape index (κ3) is 3.85. The number of hydrogen-bond donors (Lipinski definition) is 0. The van der Waals surface area contributed by atoms with Crippen molar-refractivity contribution in [2.24, 2.45) is 5.92 Å². The van der Waals surface area contributed by atoms with E-state index in [1.54, 1.807) is 0 Å². The van der Waals surface area contributed by atoms with Gasteiger partial charge in [-0.15, -0.1) is 0 Å². The van der Waals surface area contributed by atoms with Crippen molar-refractivity contribution in [2.45, 2.75) is 50.7 Å². The molecule has 0 saturated carbocycles. The van der Waals surface area contributed by atoms with Crippen molar-refractivity contribution in [3.8, 4) is 11.1 Å². The summed E-state index contributed by atoms with van der Waals surface area (Å²) in [6.45, 7) is 1.01. The standard InChI is InChI=1S/C28H29NO/c30-28(27-17-8-7-16-26(27)22-12-5-2-6-13-22)23-18-24-14-9-15-25(19-23)29(24)20-21-10-3-1-4-11-21/h1-8,10-13,16-17,23-25H,9,14-15,18-20H2. The molecule has 0 radical (unpaired) electrons. The highest BCUT2D eigenvalue weighted by atomic mass is 16.1. The lowest BCUT2D eigenvalue weighted by Gasteiger charge is -2.48. The molecule has 2 aliphatic heterocycles. The molecule has 2 bridgehead atoms. The van der Waals surface area contributed by atoms with Crippen molar-refractivity contribution in [2.75, 3.05) is 0 Å². The first-order chi connectivity index (χ1) is 14.8. The fourth-order valence-electron chi connectivity index (χ4n) is 5.53. The molecule has 2 nitrogen and oxygen atoms in total. The van der Waals surface area contributed by atoms with Crippen molar-refractivity contribution >= 4 is 5.78 Å². The van der Waals surface area contributed by atoms with Crippen molar-refractivity contribution < 1.29 is 4.79 Å². The van der Waals surface area contributed by atoms with Gasteiger partial charge in [0.05, 0.1) is 0 Å². The molecular weight excluding hydrogens is 366 g/mol. The molecule has 2 saturated heterocycles. The van der Waals surface area contributed by atoms with Crippen molar-refractivity contribution in [1.29, 1.82) is 0 Å². The zero-order valence-corrected chi connectivity index (χ0v) is 17.4. The Balaban J connectivity index is 1.38. The van der Waals surface area contributed by atoms with E-state index in [9.17, 15) is 4.79 Å². The van der Waals surface area contributed by atoms with Gasteiger partial charge in [-0.05, 0) is 42.4 Å². The van der Waals surface area contributed by atoms with E-state index < -0.39 is 0 Å². The number of nitrogens with zero attached hydrogens (tertiary/aromatic N) is 1. The Morgan fingerprint density at radius 3 is 2.07 bits per heavy atom. The molecule has 0 aromatic heterocycles. The molecule has 152 valence electrons. The summed E-state index contributed by atoms with van der Waals surface area (Å²) in [6, 6.07) is 30.3. The highest BCUT2D eigenvalue weighted by Crippen LogP contribution is 2.40. The average Bonchev–Trinajstić information content (AvgIpc) is 2.80. The van der Waals surface area contributed by atoms with Crippen LogP contribution in [0.15, 0.2) is 84.9 Å². The fraction of sp³-hybridized carbons (Fsp3) is 0.321. The topological polar surface area (TPSA) is 20.3 Å². The van der Waals surface area contributed by atoms with Crippen LogP contribution in [0.2, 0.25) is 0 Å². The summed E-state index contributed by atoms with van der Waals surface area (Å²) >= 11 is 0. The van der Waals surface area contributed by atoms with E-state index in [0.717, 1.165) is 36.1 Å². The van der Waals surface area contributed by atoms with Crippen LogP contribution < -0.4 is 0 Å². The Morgan fingerprint density at radius 2 is 1.37 bits per heavy atom. The molecule has 5 rings (SSSR count). The van der Waals surface area contributed by atoms with Gasteiger partial charge in [-0.2, -0.15) is 0 Å². The molecule has 0 spiro atoms. The molecule has 0 aliphatic carbocycles. The second-order valence-electron chi connectivity index (χ2n) is 8.84. The van der Waals surface area contributed by atoms with Crippen LogP contribution in [0.3, 0.4) is 0 Å². The number of benzene rings is 3. The zero-order valence-electron chi connectivity index (χ0n) is 17.4. The molecule has 2 atom stereocenters. The van der Waals surface area contributed by atoms with Crippen molar-refractivity contribution in [3.05, 3.63) is 96.1 Å². The van der Waals surface area contributed by atoms with Gasteiger partial charge in [0.15, 0.2) is 5.78 Å². The van der Waals surface area contributed by atoms with Crippen LogP contribution in [0.5, 0.6) is 0 Å². The predicted molar refractivity (Wildman–Crippen MR) is 122 cm³/mol. The van der Waals surface area contributed by atoms with Gasteiger partial charge in [-0.25, -0.2) is 0 Å². The first-order valence-electron chi connectivity index (χ1n) is 11.3. The number of fused-ring (bicyclic) bond motifs is 2. The Kier molecular flexibility index (Phi) is 5.50. The zero-order chi connectivity index (χ0) is 20.3. The minimum Gasteiger partial charge on any atom is -0.294 e. The molecule has 2 unspecified atom stereocenters. The highest BCUT2D eigenvalue weighted by molar-refractivity contribution is 6.03. The van der Waals surface area contributed by atoms with E-state index in [1.807, 2.05) is 36.4 Å². The summed E-state index contributed by atoms with van der Waals surface area (Å²) in [5.41, 5.74) is 4.47. The third-order valence-electron chi connectivity index (χ3n) is 6.98. The number of Topliss-reactive ketones (excluding diaryl/α,β-unsaturated/α-hetero) is 1. The molecule has 2 heterocycles. The lowest BCUT2D eigenvalue weighted by Crippen LogP contribution is -2.52. The smallest absolute Gasteiger partial charge is 0.166 e. The minimum absolute atomic E-state index is 0.136. The summed E-state index contributed by atoms with van der Waals surface area (Å²) in [6.07, 6.45) is 5.71. The SMILES string of the molecule is O=C(c1ccccc1-c1ccccc1)C1CC2CCCC(C1)N2Cc1ccccc1. The maximum atomic E-state index is 13.7. The molecule has 2 heteroatoms. The molecule has 2 aliphatic rings. The van der Waals surface area contributed by atoms with Crippen LogP contribution in [0.25, 0.3) is 11.1 Å². The van der Waals surface area contributed by atoms with Gasteiger partial charge >= 0.3 is 0 Å². The van der Waals surface area contributed by atoms with E-state index in [0.29, 0.717) is 17.9 Å². The van der Waals surface area contributed by atoms with Gasteiger partial charge in [-0.3, -0.25) is 9.69 Å². The van der Waals surface area contributed by atoms with Gasteiger partial charge in [0, 0.05) is 30.1 Å².